The molecule has 60 valence electrons. The topological polar surface area (TPSA) is 38.9 Å². The molecule has 1 aromatic rings. The molecule has 0 radical (unpaired) electrons. The molecule has 0 amide bonds. The normalized spacial score (nSPS) is 11.5. The quantitative estimate of drug-likeness (QED) is 0.691. The number of pyridine rings is 1. The summed E-state index contributed by atoms with van der Waals surface area (Å²) in [5.41, 5.74) is 6.90. The zero-order valence-corrected chi connectivity index (χ0v) is 7.04. The van der Waals surface area contributed by atoms with Gasteiger partial charge in [0.2, 0.25) is 0 Å². The van der Waals surface area contributed by atoms with E-state index in [1.807, 2.05) is 32.2 Å². The molecule has 1 aromatic heterocycles. The van der Waals surface area contributed by atoms with Crippen LogP contribution in [0, 0.1) is 0 Å². The monoisotopic (exact) mass is 150 g/mol. The van der Waals surface area contributed by atoms with Crippen molar-refractivity contribution in [3.8, 4) is 0 Å². The van der Waals surface area contributed by atoms with E-state index in [2.05, 4.69) is 4.98 Å². The van der Waals surface area contributed by atoms with Gasteiger partial charge in [-0.25, -0.2) is 0 Å². The first kappa shape index (κ1) is 8.21. The van der Waals surface area contributed by atoms with Crippen LogP contribution >= 0.6 is 0 Å². The lowest BCUT2D eigenvalue weighted by atomic mass is 9.98. The Morgan fingerprint density at radius 3 is 2.73 bits per heavy atom. The second-order valence-corrected chi connectivity index (χ2v) is 3.53. The molecule has 2 heteroatoms. The van der Waals surface area contributed by atoms with E-state index in [1.165, 1.54) is 5.56 Å². The highest BCUT2D eigenvalue weighted by atomic mass is 14.7. The highest BCUT2D eigenvalue weighted by molar-refractivity contribution is 5.11. The molecule has 0 aliphatic rings. The maximum Gasteiger partial charge on any atom is 0.0300 e. The van der Waals surface area contributed by atoms with Crippen LogP contribution < -0.4 is 5.73 Å². The third-order valence-corrected chi connectivity index (χ3v) is 1.38. The maximum atomic E-state index is 5.84. The van der Waals surface area contributed by atoms with Crippen molar-refractivity contribution < 1.29 is 0 Å². The Bertz CT molecular complexity index is 211. The molecule has 0 aromatic carbocycles. The van der Waals surface area contributed by atoms with Gasteiger partial charge in [-0.2, -0.15) is 0 Å². The Morgan fingerprint density at radius 1 is 1.55 bits per heavy atom. The number of hydrogen-bond acceptors (Lipinski definition) is 2. The maximum absolute atomic E-state index is 5.84. The molecule has 0 fully saturated rings. The zero-order chi connectivity index (χ0) is 8.32. The van der Waals surface area contributed by atoms with Crippen LogP contribution in [0.2, 0.25) is 0 Å². The van der Waals surface area contributed by atoms with Crippen LogP contribution in [0.25, 0.3) is 0 Å². The predicted molar refractivity (Wildman–Crippen MR) is 46.2 cm³/mol. The van der Waals surface area contributed by atoms with E-state index in [4.69, 9.17) is 5.73 Å². The standard InChI is InChI=1S/C9H14N2/c1-9(2,10)6-8-4-3-5-11-7-8/h3-5,7H,6,10H2,1-2H3. The minimum absolute atomic E-state index is 0.136. The minimum Gasteiger partial charge on any atom is -0.325 e. The molecule has 0 aliphatic heterocycles. The summed E-state index contributed by atoms with van der Waals surface area (Å²) in [7, 11) is 0. The average molecular weight is 150 g/mol. The van der Waals surface area contributed by atoms with E-state index < -0.39 is 0 Å². The summed E-state index contributed by atoms with van der Waals surface area (Å²) in [5.74, 6) is 0. The molecule has 2 nitrogen and oxygen atoms in total. The Balaban J connectivity index is 2.66. The lowest BCUT2D eigenvalue weighted by molar-refractivity contribution is 0.516. The van der Waals surface area contributed by atoms with Crippen molar-refractivity contribution in [3.63, 3.8) is 0 Å². The summed E-state index contributed by atoms with van der Waals surface area (Å²) in [4.78, 5) is 4.01. The van der Waals surface area contributed by atoms with Gasteiger partial charge in [-0.15, -0.1) is 0 Å². The Hall–Kier alpha value is -0.890. The number of rotatable bonds is 2. The van der Waals surface area contributed by atoms with E-state index >= 15 is 0 Å². The highest BCUT2D eigenvalue weighted by Crippen LogP contribution is 2.07. The molecule has 1 heterocycles. The van der Waals surface area contributed by atoms with Crippen molar-refractivity contribution >= 4 is 0 Å². The molecule has 0 atom stereocenters. The van der Waals surface area contributed by atoms with Gasteiger partial charge in [-0.3, -0.25) is 4.98 Å². The van der Waals surface area contributed by atoms with Crippen LogP contribution in [-0.2, 0) is 6.42 Å². The van der Waals surface area contributed by atoms with Gasteiger partial charge in [0.1, 0.15) is 0 Å². The van der Waals surface area contributed by atoms with Crippen LogP contribution in [0.5, 0.6) is 0 Å². The fourth-order valence-corrected chi connectivity index (χ4v) is 1.03. The van der Waals surface area contributed by atoms with Crippen LogP contribution in [0.15, 0.2) is 24.5 Å². The first-order valence-corrected chi connectivity index (χ1v) is 3.76. The van der Waals surface area contributed by atoms with Crippen LogP contribution in [0.4, 0.5) is 0 Å². The summed E-state index contributed by atoms with van der Waals surface area (Å²) >= 11 is 0. The van der Waals surface area contributed by atoms with E-state index in [1.54, 1.807) is 6.20 Å². The van der Waals surface area contributed by atoms with Gasteiger partial charge in [-0.05, 0) is 31.9 Å². The van der Waals surface area contributed by atoms with Gasteiger partial charge >= 0.3 is 0 Å². The molecule has 0 bridgehead atoms. The second kappa shape index (κ2) is 3.01. The molecule has 0 aliphatic carbocycles. The van der Waals surface area contributed by atoms with E-state index in [0.29, 0.717) is 0 Å². The van der Waals surface area contributed by atoms with Crippen molar-refractivity contribution in [2.75, 3.05) is 0 Å². The van der Waals surface area contributed by atoms with Gasteiger partial charge in [0.25, 0.3) is 0 Å². The third kappa shape index (κ3) is 3.14. The van der Waals surface area contributed by atoms with Crippen molar-refractivity contribution in [3.05, 3.63) is 30.1 Å². The Morgan fingerprint density at radius 2 is 2.27 bits per heavy atom. The van der Waals surface area contributed by atoms with Gasteiger partial charge in [-0.1, -0.05) is 6.07 Å². The fraction of sp³-hybridized carbons (Fsp3) is 0.444. The van der Waals surface area contributed by atoms with Crippen molar-refractivity contribution in [2.24, 2.45) is 5.73 Å². The SMILES string of the molecule is CC(C)(N)Cc1cccnc1. The molecule has 11 heavy (non-hydrogen) atoms. The van der Waals surface area contributed by atoms with E-state index in [9.17, 15) is 0 Å². The Kier molecular flexibility index (Phi) is 2.25. The van der Waals surface area contributed by atoms with Crippen LogP contribution in [-0.4, -0.2) is 10.5 Å². The lowest BCUT2D eigenvalue weighted by Gasteiger charge is -2.17. The van der Waals surface area contributed by atoms with Crippen LogP contribution in [0.3, 0.4) is 0 Å². The van der Waals surface area contributed by atoms with E-state index in [-0.39, 0.29) is 5.54 Å². The second-order valence-electron chi connectivity index (χ2n) is 3.53. The zero-order valence-electron chi connectivity index (χ0n) is 7.04. The van der Waals surface area contributed by atoms with Crippen molar-refractivity contribution in [2.45, 2.75) is 25.8 Å². The van der Waals surface area contributed by atoms with E-state index in [0.717, 1.165) is 6.42 Å². The molecule has 0 saturated carbocycles. The molecule has 0 unspecified atom stereocenters. The first-order chi connectivity index (χ1) is 5.08. The molecule has 2 N–H and O–H groups in total. The molecular weight excluding hydrogens is 136 g/mol. The smallest absolute Gasteiger partial charge is 0.0300 e. The fourth-order valence-electron chi connectivity index (χ4n) is 1.03. The number of nitrogens with two attached hydrogens (primary N) is 1. The van der Waals surface area contributed by atoms with Crippen molar-refractivity contribution in [1.82, 2.24) is 4.98 Å². The highest BCUT2D eigenvalue weighted by Gasteiger charge is 2.10. The largest absolute Gasteiger partial charge is 0.325 e. The first-order valence-electron chi connectivity index (χ1n) is 3.76. The Labute approximate surface area is 67.5 Å². The summed E-state index contributed by atoms with van der Waals surface area (Å²) in [6, 6.07) is 3.97. The van der Waals surface area contributed by atoms with Crippen molar-refractivity contribution in [1.29, 1.82) is 0 Å². The molecule has 0 spiro atoms. The summed E-state index contributed by atoms with van der Waals surface area (Å²) < 4.78 is 0. The van der Waals surface area contributed by atoms with Gasteiger partial charge in [0.15, 0.2) is 0 Å². The summed E-state index contributed by atoms with van der Waals surface area (Å²) in [5, 5.41) is 0. The average Bonchev–Trinajstić information content (AvgIpc) is 1.85. The van der Waals surface area contributed by atoms with Crippen LogP contribution in [0.1, 0.15) is 19.4 Å². The molecule has 0 saturated heterocycles. The third-order valence-electron chi connectivity index (χ3n) is 1.38. The lowest BCUT2D eigenvalue weighted by Crippen LogP contribution is -2.34. The molecule has 1 rings (SSSR count). The molecular formula is C9H14N2. The minimum atomic E-state index is -0.136. The summed E-state index contributed by atoms with van der Waals surface area (Å²) in [6.07, 6.45) is 4.50. The van der Waals surface area contributed by atoms with Gasteiger partial charge < -0.3 is 5.73 Å². The number of hydrogen-bond donors (Lipinski definition) is 1. The van der Waals surface area contributed by atoms with Gasteiger partial charge in [0.05, 0.1) is 0 Å². The predicted octanol–water partition coefficient (Wildman–Crippen LogP) is 1.36. The number of nitrogens with zero attached hydrogens (tertiary/aromatic N) is 1. The summed E-state index contributed by atoms with van der Waals surface area (Å²) in [6.45, 7) is 4.03. The number of aromatic nitrogens is 1. The van der Waals surface area contributed by atoms with Gasteiger partial charge in [0, 0.05) is 17.9 Å².